The van der Waals surface area contributed by atoms with Gasteiger partial charge in [-0.1, -0.05) is 11.6 Å². The van der Waals surface area contributed by atoms with Gasteiger partial charge in [-0.3, -0.25) is 4.90 Å². The third-order valence-electron chi connectivity index (χ3n) is 9.45. The third-order valence-corrected chi connectivity index (χ3v) is 9.75. The van der Waals surface area contributed by atoms with Gasteiger partial charge in [-0.25, -0.2) is 13.8 Å². The third kappa shape index (κ3) is 5.15. The molecule has 2 atom stereocenters. The summed E-state index contributed by atoms with van der Waals surface area (Å²) in [5.74, 6) is -1.02. The normalized spacial score (nSPS) is 23.8. The number of nitrogens with two attached hydrogens (primary N) is 1. The van der Waals surface area contributed by atoms with E-state index in [4.69, 9.17) is 36.5 Å². The molecule has 3 saturated heterocycles. The van der Waals surface area contributed by atoms with Crippen LogP contribution in [0.15, 0.2) is 12.1 Å². The maximum Gasteiger partial charge on any atom is 0.418 e. The molecule has 0 unspecified atom stereocenters. The number of aromatic nitrogens is 3. The van der Waals surface area contributed by atoms with Gasteiger partial charge in [0.05, 0.1) is 29.3 Å². The number of alkyl halides is 4. The second kappa shape index (κ2) is 11.5. The summed E-state index contributed by atoms with van der Waals surface area (Å²) in [6.07, 6.45) is -3.37. The molecule has 46 heavy (non-hydrogen) atoms. The van der Waals surface area contributed by atoms with Crippen LogP contribution >= 0.6 is 11.6 Å². The summed E-state index contributed by atoms with van der Waals surface area (Å²) < 4.78 is 92.0. The number of fused-ring (bicyclic) bond motifs is 1. The Hall–Kier alpha value is -3.27. The second-order valence-corrected chi connectivity index (χ2v) is 12.9. The molecule has 4 aliphatic heterocycles. The molecule has 1 spiro atoms. The van der Waals surface area contributed by atoms with E-state index < -0.39 is 51.1 Å². The number of hydrogen-bond acceptors (Lipinski definition) is 10. The Morgan fingerprint density at radius 3 is 2.72 bits per heavy atom. The van der Waals surface area contributed by atoms with Crippen LogP contribution in [0.1, 0.15) is 31.2 Å². The number of nitrogen functional groups attached to an aromatic ring is 1. The van der Waals surface area contributed by atoms with Crippen molar-refractivity contribution in [2.24, 2.45) is 0 Å². The minimum atomic E-state index is -4.96. The molecule has 0 saturated carbocycles. The van der Waals surface area contributed by atoms with Crippen molar-refractivity contribution in [3.8, 4) is 23.1 Å². The van der Waals surface area contributed by atoms with E-state index in [2.05, 4.69) is 20.2 Å². The Bertz CT molecular complexity index is 1680. The Morgan fingerprint density at radius 2 is 2.00 bits per heavy atom. The fraction of sp³-hybridized carbons (Fsp3) is 0.567. The molecule has 10 nitrogen and oxygen atoms in total. The van der Waals surface area contributed by atoms with Gasteiger partial charge in [-0.15, -0.1) is 0 Å². The number of anilines is 2. The zero-order valence-electron chi connectivity index (χ0n) is 25.0. The fourth-order valence-electron chi connectivity index (χ4n) is 7.24. The summed E-state index contributed by atoms with van der Waals surface area (Å²) in [7, 11) is 1.83. The standard InChI is InChI=1S/C30H33ClF5N7O3/c1-38-5-3-7-43-25-20-24(40-27(41-25)46-14-28-4-2-6-42(28)11-16(32)10-28)22(33)23(39-26(20)45-15-29(43)12-44-13-29)18-8-17(37)9-19(31)21(18)30(34,35)36/h8-9,16,38H,2-7,10-15,37H2,1H3/t16-,28+/m1/s1. The quantitative estimate of drug-likeness (QED) is 0.200. The van der Waals surface area contributed by atoms with Crippen LogP contribution in [-0.2, 0) is 10.9 Å². The molecule has 0 aliphatic carbocycles. The summed E-state index contributed by atoms with van der Waals surface area (Å²) >= 11 is 6.02. The topological polar surface area (TPSA) is 111 Å². The molecule has 1 aromatic carbocycles. The van der Waals surface area contributed by atoms with Crippen LogP contribution in [0.2, 0.25) is 5.02 Å². The van der Waals surface area contributed by atoms with E-state index in [1.54, 1.807) is 0 Å². The van der Waals surface area contributed by atoms with Crippen molar-refractivity contribution in [2.75, 3.05) is 70.3 Å². The molecule has 3 N–H and O–H groups in total. The average molecular weight is 670 g/mol. The van der Waals surface area contributed by atoms with Crippen LogP contribution in [0.25, 0.3) is 22.2 Å². The number of halogens is 6. The van der Waals surface area contributed by atoms with Crippen molar-refractivity contribution >= 4 is 34.0 Å². The summed E-state index contributed by atoms with van der Waals surface area (Å²) in [5.41, 5.74) is 1.56. The Kier molecular flexibility index (Phi) is 7.81. The highest BCUT2D eigenvalue weighted by atomic mass is 35.5. The molecular weight excluding hydrogens is 637 g/mol. The van der Waals surface area contributed by atoms with E-state index in [0.717, 1.165) is 31.5 Å². The predicted octanol–water partition coefficient (Wildman–Crippen LogP) is 4.62. The average Bonchev–Trinajstić information content (AvgIpc) is 3.44. The second-order valence-electron chi connectivity index (χ2n) is 12.5. The van der Waals surface area contributed by atoms with E-state index in [1.165, 1.54) is 0 Å². The monoisotopic (exact) mass is 669 g/mol. The molecular formula is C30H33ClF5N7O3. The van der Waals surface area contributed by atoms with Gasteiger partial charge >= 0.3 is 12.2 Å². The zero-order valence-corrected chi connectivity index (χ0v) is 25.8. The lowest BCUT2D eigenvalue weighted by Crippen LogP contribution is -2.66. The lowest BCUT2D eigenvalue weighted by molar-refractivity contribution is -0.137. The number of pyridine rings is 1. The van der Waals surface area contributed by atoms with E-state index in [0.29, 0.717) is 32.5 Å². The highest BCUT2D eigenvalue weighted by molar-refractivity contribution is 6.32. The Labute approximate surface area is 266 Å². The smallest absolute Gasteiger partial charge is 0.418 e. The maximum atomic E-state index is 16.7. The van der Waals surface area contributed by atoms with E-state index in [9.17, 15) is 17.6 Å². The molecule has 7 rings (SSSR count). The highest BCUT2D eigenvalue weighted by Gasteiger charge is 2.51. The first-order chi connectivity index (χ1) is 21.9. The lowest BCUT2D eigenvalue weighted by atomic mass is 9.95. The maximum absolute atomic E-state index is 16.7. The van der Waals surface area contributed by atoms with E-state index >= 15 is 4.39 Å². The summed E-state index contributed by atoms with van der Waals surface area (Å²) in [6, 6.07) is 1.73. The molecule has 0 bridgehead atoms. The number of benzene rings is 1. The van der Waals surface area contributed by atoms with E-state index in [-0.39, 0.29) is 60.7 Å². The number of nitrogens with zero attached hydrogens (tertiary/aromatic N) is 5. The van der Waals surface area contributed by atoms with Crippen LogP contribution < -0.4 is 25.4 Å². The Balaban J connectivity index is 1.42. The van der Waals surface area contributed by atoms with Crippen LogP contribution in [0.3, 0.4) is 0 Å². The van der Waals surface area contributed by atoms with Crippen LogP contribution in [0, 0.1) is 5.82 Å². The molecule has 16 heteroatoms. The van der Waals surface area contributed by atoms with Crippen LogP contribution in [0.5, 0.6) is 11.9 Å². The molecule has 248 valence electrons. The van der Waals surface area contributed by atoms with Crippen molar-refractivity contribution in [1.29, 1.82) is 0 Å². The summed E-state index contributed by atoms with van der Waals surface area (Å²) in [5, 5.41) is 2.50. The van der Waals surface area contributed by atoms with E-state index in [1.807, 2.05) is 11.9 Å². The predicted molar refractivity (Wildman–Crippen MR) is 161 cm³/mol. The molecule has 4 aliphatic rings. The summed E-state index contributed by atoms with van der Waals surface area (Å²) in [6.45, 7) is 2.85. The van der Waals surface area contributed by atoms with Crippen LogP contribution in [0.4, 0.5) is 33.5 Å². The number of ether oxygens (including phenoxy) is 3. The van der Waals surface area contributed by atoms with Crippen molar-refractivity contribution in [2.45, 2.75) is 49.1 Å². The first kappa shape index (κ1) is 31.3. The summed E-state index contributed by atoms with van der Waals surface area (Å²) in [4.78, 5) is 17.5. The highest BCUT2D eigenvalue weighted by Crippen LogP contribution is 2.48. The van der Waals surface area contributed by atoms with Crippen molar-refractivity contribution in [3.63, 3.8) is 0 Å². The molecule has 2 aromatic heterocycles. The first-order valence-corrected chi connectivity index (χ1v) is 15.5. The molecule has 0 radical (unpaired) electrons. The zero-order chi connectivity index (χ0) is 32.4. The lowest BCUT2D eigenvalue weighted by Gasteiger charge is -2.48. The molecule has 3 fully saturated rings. The minimum absolute atomic E-state index is 0.0477. The number of nitrogens with one attached hydrogen (secondary N) is 1. The molecule has 6 heterocycles. The van der Waals surface area contributed by atoms with Crippen LogP contribution in [-0.4, -0.2) is 96.8 Å². The Morgan fingerprint density at radius 1 is 1.20 bits per heavy atom. The van der Waals surface area contributed by atoms with Gasteiger partial charge in [-0.05, 0) is 51.5 Å². The number of hydrogen-bond donors (Lipinski definition) is 2. The van der Waals surface area contributed by atoms with Gasteiger partial charge < -0.3 is 30.2 Å². The van der Waals surface area contributed by atoms with Crippen molar-refractivity contribution < 1.29 is 36.2 Å². The first-order valence-electron chi connectivity index (χ1n) is 15.2. The number of rotatable bonds is 8. The van der Waals surface area contributed by atoms with Crippen molar-refractivity contribution in [3.05, 3.63) is 28.5 Å². The van der Waals surface area contributed by atoms with Gasteiger partial charge in [0.25, 0.3) is 0 Å². The molecule has 0 amide bonds. The molecule has 3 aromatic rings. The van der Waals surface area contributed by atoms with Gasteiger partial charge in [0, 0.05) is 30.8 Å². The van der Waals surface area contributed by atoms with Crippen molar-refractivity contribution in [1.82, 2.24) is 25.2 Å². The minimum Gasteiger partial charge on any atom is -0.474 e. The fourth-order valence-corrected chi connectivity index (χ4v) is 7.57. The van der Waals surface area contributed by atoms with Gasteiger partial charge in [0.15, 0.2) is 5.82 Å². The van der Waals surface area contributed by atoms with Gasteiger partial charge in [-0.2, -0.15) is 23.1 Å². The van der Waals surface area contributed by atoms with Gasteiger partial charge in [0.2, 0.25) is 5.88 Å². The largest absolute Gasteiger partial charge is 0.474 e. The van der Waals surface area contributed by atoms with Gasteiger partial charge in [0.1, 0.15) is 47.3 Å². The SMILES string of the molecule is CNCCCN1c2nc(OC[C@@]34CCCN3C[C@H](F)C4)nc3c(F)c(-c4cc(N)cc(Cl)c4C(F)(F)F)nc(c23)OCC12COC2.